The Labute approximate surface area is 109 Å². The van der Waals surface area contributed by atoms with Crippen molar-refractivity contribution in [3.63, 3.8) is 0 Å². The van der Waals surface area contributed by atoms with Crippen LogP contribution in [0.4, 0.5) is 0 Å². The van der Waals surface area contributed by atoms with Gasteiger partial charge in [0, 0.05) is 12.6 Å². The molecule has 0 bridgehead atoms. The quantitative estimate of drug-likeness (QED) is 0.687. The molecule has 0 spiro atoms. The number of aromatic nitrogens is 1. The van der Waals surface area contributed by atoms with Crippen molar-refractivity contribution in [1.82, 2.24) is 10.3 Å². The van der Waals surface area contributed by atoms with E-state index < -0.39 is 23.9 Å². The molecule has 1 rings (SSSR count). The fourth-order valence-electron chi connectivity index (χ4n) is 1.48. The molecule has 0 aliphatic carbocycles. The number of rotatable bonds is 6. The van der Waals surface area contributed by atoms with E-state index in [0.29, 0.717) is 5.56 Å². The standard InChI is InChI=1S/C12H14N2O5/c1-7-3-2-6-13-10(7)11(17)14-8(12(18)19)4-5-9(15)16/h2-3,6,8H,4-5H2,1H3,(H,14,17)(H,15,16)(H,18,19). The molecule has 0 saturated heterocycles. The van der Waals surface area contributed by atoms with Crippen LogP contribution in [0.15, 0.2) is 18.3 Å². The number of carboxylic acids is 2. The Balaban J connectivity index is 2.74. The Morgan fingerprint density at radius 1 is 1.37 bits per heavy atom. The van der Waals surface area contributed by atoms with Gasteiger partial charge in [0.15, 0.2) is 0 Å². The van der Waals surface area contributed by atoms with Crippen molar-refractivity contribution >= 4 is 17.8 Å². The first-order valence-electron chi connectivity index (χ1n) is 5.59. The van der Waals surface area contributed by atoms with Gasteiger partial charge in [-0.25, -0.2) is 4.79 Å². The number of amides is 1. The molecule has 0 radical (unpaired) electrons. The molecule has 7 heteroatoms. The van der Waals surface area contributed by atoms with Crippen LogP contribution in [0, 0.1) is 6.92 Å². The molecule has 1 aromatic heterocycles. The van der Waals surface area contributed by atoms with E-state index >= 15 is 0 Å². The first-order valence-corrected chi connectivity index (χ1v) is 5.59. The average Bonchev–Trinajstić information content (AvgIpc) is 2.34. The minimum absolute atomic E-state index is 0.129. The molecule has 0 aliphatic rings. The van der Waals surface area contributed by atoms with Gasteiger partial charge in [-0.1, -0.05) is 6.07 Å². The Kier molecular flexibility index (Phi) is 4.99. The molecule has 19 heavy (non-hydrogen) atoms. The summed E-state index contributed by atoms with van der Waals surface area (Å²) in [7, 11) is 0. The van der Waals surface area contributed by atoms with Crippen LogP contribution in [-0.4, -0.2) is 39.1 Å². The molecular weight excluding hydrogens is 252 g/mol. The van der Waals surface area contributed by atoms with Crippen molar-refractivity contribution in [1.29, 1.82) is 0 Å². The van der Waals surface area contributed by atoms with E-state index in [9.17, 15) is 14.4 Å². The van der Waals surface area contributed by atoms with Crippen molar-refractivity contribution < 1.29 is 24.6 Å². The zero-order valence-corrected chi connectivity index (χ0v) is 10.3. The number of hydrogen-bond donors (Lipinski definition) is 3. The van der Waals surface area contributed by atoms with E-state index in [4.69, 9.17) is 10.2 Å². The first kappa shape index (κ1) is 14.6. The first-order chi connectivity index (χ1) is 8.91. The molecule has 102 valence electrons. The third-order valence-corrected chi connectivity index (χ3v) is 2.47. The lowest BCUT2D eigenvalue weighted by Crippen LogP contribution is -2.41. The molecule has 1 aromatic rings. The number of aryl methyl sites for hydroxylation is 1. The molecule has 1 amide bonds. The monoisotopic (exact) mass is 266 g/mol. The molecular formula is C12H14N2O5. The Hall–Kier alpha value is -2.44. The number of carboxylic acid groups (broad SMARTS) is 2. The van der Waals surface area contributed by atoms with Gasteiger partial charge in [0.1, 0.15) is 11.7 Å². The molecule has 1 atom stereocenters. The van der Waals surface area contributed by atoms with Crippen LogP contribution < -0.4 is 5.32 Å². The lowest BCUT2D eigenvalue weighted by molar-refractivity contribution is -0.140. The summed E-state index contributed by atoms with van der Waals surface area (Å²) in [6.07, 6.45) is 0.912. The molecule has 7 nitrogen and oxygen atoms in total. The molecule has 0 fully saturated rings. The maximum absolute atomic E-state index is 11.8. The number of pyridine rings is 1. The number of nitrogens with zero attached hydrogens (tertiary/aromatic N) is 1. The zero-order chi connectivity index (χ0) is 14.4. The summed E-state index contributed by atoms with van der Waals surface area (Å²) in [5, 5.41) is 19.7. The third-order valence-electron chi connectivity index (χ3n) is 2.47. The van der Waals surface area contributed by atoms with Crippen molar-refractivity contribution in [3.8, 4) is 0 Å². The summed E-state index contributed by atoms with van der Waals surface area (Å²) in [4.78, 5) is 37.1. The summed E-state index contributed by atoms with van der Waals surface area (Å²) in [5.41, 5.74) is 0.742. The van der Waals surface area contributed by atoms with Crippen LogP contribution in [-0.2, 0) is 9.59 Å². The fraction of sp³-hybridized carbons (Fsp3) is 0.333. The van der Waals surface area contributed by atoms with Crippen molar-refractivity contribution in [2.24, 2.45) is 0 Å². The minimum Gasteiger partial charge on any atom is -0.481 e. The van der Waals surface area contributed by atoms with Gasteiger partial charge < -0.3 is 15.5 Å². The van der Waals surface area contributed by atoms with Gasteiger partial charge in [-0.2, -0.15) is 0 Å². The topological polar surface area (TPSA) is 117 Å². The highest BCUT2D eigenvalue weighted by atomic mass is 16.4. The Morgan fingerprint density at radius 2 is 2.05 bits per heavy atom. The van der Waals surface area contributed by atoms with Gasteiger partial charge >= 0.3 is 11.9 Å². The maximum atomic E-state index is 11.8. The van der Waals surface area contributed by atoms with E-state index in [-0.39, 0.29) is 18.5 Å². The minimum atomic E-state index is -1.27. The summed E-state index contributed by atoms with van der Waals surface area (Å²) >= 11 is 0. The van der Waals surface area contributed by atoms with E-state index in [1.165, 1.54) is 6.20 Å². The summed E-state index contributed by atoms with van der Waals surface area (Å²) in [6.45, 7) is 1.68. The van der Waals surface area contributed by atoms with Crippen LogP contribution in [0.2, 0.25) is 0 Å². The van der Waals surface area contributed by atoms with Gasteiger partial charge in [-0.3, -0.25) is 14.6 Å². The average molecular weight is 266 g/mol. The van der Waals surface area contributed by atoms with E-state index in [2.05, 4.69) is 10.3 Å². The molecule has 0 saturated carbocycles. The molecule has 0 aromatic carbocycles. The summed E-state index contributed by atoms with van der Waals surface area (Å²) in [6, 6.07) is 2.09. The number of nitrogens with one attached hydrogen (secondary N) is 1. The highest BCUT2D eigenvalue weighted by Gasteiger charge is 2.22. The van der Waals surface area contributed by atoms with Crippen LogP contribution in [0.25, 0.3) is 0 Å². The number of hydrogen-bond acceptors (Lipinski definition) is 4. The summed E-state index contributed by atoms with van der Waals surface area (Å²) < 4.78 is 0. The maximum Gasteiger partial charge on any atom is 0.326 e. The SMILES string of the molecule is Cc1cccnc1C(=O)NC(CCC(=O)O)C(=O)O. The van der Waals surface area contributed by atoms with Crippen LogP contribution in [0.1, 0.15) is 28.9 Å². The van der Waals surface area contributed by atoms with E-state index in [1.807, 2.05) is 0 Å². The van der Waals surface area contributed by atoms with Crippen LogP contribution in [0.5, 0.6) is 0 Å². The van der Waals surface area contributed by atoms with E-state index in [0.717, 1.165) is 0 Å². The van der Waals surface area contributed by atoms with Crippen molar-refractivity contribution in [2.45, 2.75) is 25.8 Å². The zero-order valence-electron chi connectivity index (χ0n) is 10.3. The van der Waals surface area contributed by atoms with Crippen molar-refractivity contribution in [3.05, 3.63) is 29.6 Å². The molecule has 0 aliphatic heterocycles. The molecule has 3 N–H and O–H groups in total. The largest absolute Gasteiger partial charge is 0.481 e. The fourth-order valence-corrected chi connectivity index (χ4v) is 1.48. The van der Waals surface area contributed by atoms with Gasteiger partial charge in [-0.15, -0.1) is 0 Å². The van der Waals surface area contributed by atoms with Crippen LogP contribution in [0.3, 0.4) is 0 Å². The molecule has 1 heterocycles. The number of carbonyl (C=O) groups excluding carboxylic acids is 1. The number of carbonyl (C=O) groups is 3. The van der Waals surface area contributed by atoms with Gasteiger partial charge in [0.2, 0.25) is 0 Å². The van der Waals surface area contributed by atoms with Gasteiger partial charge in [-0.05, 0) is 25.0 Å². The van der Waals surface area contributed by atoms with E-state index in [1.54, 1.807) is 19.1 Å². The third kappa shape index (κ3) is 4.38. The lowest BCUT2D eigenvalue weighted by Gasteiger charge is -2.13. The Bertz CT molecular complexity index is 501. The summed E-state index contributed by atoms with van der Waals surface area (Å²) in [5.74, 6) is -3.02. The highest BCUT2D eigenvalue weighted by Crippen LogP contribution is 2.05. The predicted molar refractivity (Wildman–Crippen MR) is 64.7 cm³/mol. The second-order valence-corrected chi connectivity index (χ2v) is 3.97. The predicted octanol–water partition coefficient (Wildman–Crippen LogP) is 0.438. The normalized spacial score (nSPS) is 11.6. The van der Waals surface area contributed by atoms with Crippen molar-refractivity contribution in [2.75, 3.05) is 0 Å². The Morgan fingerprint density at radius 3 is 2.58 bits per heavy atom. The highest BCUT2D eigenvalue weighted by molar-refractivity contribution is 5.96. The van der Waals surface area contributed by atoms with Gasteiger partial charge in [0.05, 0.1) is 0 Å². The smallest absolute Gasteiger partial charge is 0.326 e. The van der Waals surface area contributed by atoms with Crippen LogP contribution >= 0.6 is 0 Å². The van der Waals surface area contributed by atoms with Gasteiger partial charge in [0.25, 0.3) is 5.91 Å². The number of aliphatic carboxylic acids is 2. The molecule has 1 unspecified atom stereocenters. The lowest BCUT2D eigenvalue weighted by atomic mass is 10.1. The second kappa shape index (κ2) is 6.48. The second-order valence-electron chi connectivity index (χ2n) is 3.97.